The first-order valence-electron chi connectivity index (χ1n) is 11.4. The number of nitrogens with zero attached hydrogens (tertiary/aromatic N) is 2. The Morgan fingerprint density at radius 3 is 1.69 bits per heavy atom. The molecular weight excluding hydrogens is 452 g/mol. The van der Waals surface area contributed by atoms with Gasteiger partial charge in [0.25, 0.3) is 0 Å². The van der Waals surface area contributed by atoms with Crippen LogP contribution in [0.3, 0.4) is 0 Å². The second kappa shape index (κ2) is 11.4. The van der Waals surface area contributed by atoms with Crippen LogP contribution in [0.5, 0.6) is 0 Å². The van der Waals surface area contributed by atoms with Crippen molar-refractivity contribution in [1.82, 2.24) is 9.80 Å². The topological polar surface area (TPSA) is 121 Å². The fourth-order valence-corrected chi connectivity index (χ4v) is 4.22. The lowest BCUT2D eigenvalue weighted by Gasteiger charge is -2.44. The third-order valence-corrected chi connectivity index (χ3v) is 5.86. The van der Waals surface area contributed by atoms with Gasteiger partial charge in [0.2, 0.25) is 11.8 Å². The van der Waals surface area contributed by atoms with Gasteiger partial charge in [0.05, 0.1) is 19.4 Å². The van der Waals surface area contributed by atoms with Crippen molar-refractivity contribution in [1.29, 1.82) is 0 Å². The molecule has 2 aromatic rings. The van der Waals surface area contributed by atoms with Gasteiger partial charge in [-0.1, -0.05) is 60.7 Å². The summed E-state index contributed by atoms with van der Waals surface area (Å²) in [6.07, 6.45) is -0.691. The van der Waals surface area contributed by atoms with Gasteiger partial charge in [0.1, 0.15) is 5.41 Å². The zero-order valence-electron chi connectivity index (χ0n) is 19.5. The smallest absolute Gasteiger partial charge is 0.333 e. The number of carbonyl (C=O) groups is 5. The van der Waals surface area contributed by atoms with Gasteiger partial charge in [-0.05, 0) is 30.9 Å². The van der Waals surface area contributed by atoms with E-state index in [0.717, 1.165) is 9.80 Å². The molecule has 1 heterocycles. The zero-order valence-corrected chi connectivity index (χ0v) is 19.5. The molecule has 0 radical (unpaired) electrons. The molecule has 9 nitrogen and oxygen atoms in total. The van der Waals surface area contributed by atoms with Gasteiger partial charge in [-0.3, -0.25) is 29.0 Å². The third-order valence-electron chi connectivity index (χ3n) is 5.86. The van der Waals surface area contributed by atoms with Crippen molar-refractivity contribution in [3.05, 3.63) is 71.8 Å². The number of carbonyl (C=O) groups excluding carboxylic acids is 4. The average molecular weight is 481 g/mol. The van der Waals surface area contributed by atoms with E-state index in [2.05, 4.69) is 0 Å². The number of amides is 4. The quantitative estimate of drug-likeness (QED) is 0.388. The van der Waals surface area contributed by atoms with Gasteiger partial charge in [0, 0.05) is 13.1 Å². The van der Waals surface area contributed by atoms with E-state index in [-0.39, 0.29) is 39.0 Å². The molecule has 35 heavy (non-hydrogen) atoms. The summed E-state index contributed by atoms with van der Waals surface area (Å²) in [5.74, 6) is -3.22. The zero-order chi connectivity index (χ0) is 25.4. The van der Waals surface area contributed by atoms with Crippen molar-refractivity contribution < 1.29 is 33.8 Å². The SMILES string of the molecule is CCOC(=O)CCN1C(=O)N(CCC(=O)O)C(=O)C(Cc2ccccc2)(Cc2ccccc2)C1=O. The van der Waals surface area contributed by atoms with Crippen molar-refractivity contribution in [2.24, 2.45) is 5.41 Å². The standard InChI is InChI=1S/C26H28N2O7/c1-2-35-22(31)14-16-28-24(33)26(17-19-9-5-3-6-10-19,18-20-11-7-4-8-12-20)23(32)27(25(28)34)15-13-21(29)30/h3-12H,2,13-18H2,1H3,(H,29,30). The van der Waals surface area contributed by atoms with E-state index in [1.807, 2.05) is 12.1 Å². The number of esters is 1. The summed E-state index contributed by atoms with van der Waals surface area (Å²) in [7, 11) is 0. The maximum absolute atomic E-state index is 13.9. The van der Waals surface area contributed by atoms with Gasteiger partial charge in [0.15, 0.2) is 0 Å². The lowest BCUT2D eigenvalue weighted by molar-refractivity contribution is -0.159. The van der Waals surface area contributed by atoms with Gasteiger partial charge >= 0.3 is 18.0 Å². The normalized spacial score (nSPS) is 15.3. The molecule has 9 heteroatoms. The minimum absolute atomic E-state index is 0.00710. The van der Waals surface area contributed by atoms with Crippen molar-refractivity contribution in [2.45, 2.75) is 32.6 Å². The largest absolute Gasteiger partial charge is 0.481 e. The van der Waals surface area contributed by atoms with Gasteiger partial charge in [-0.25, -0.2) is 4.79 Å². The first-order valence-corrected chi connectivity index (χ1v) is 11.4. The van der Waals surface area contributed by atoms with E-state index in [1.165, 1.54) is 0 Å². The Morgan fingerprint density at radius 1 is 0.800 bits per heavy atom. The molecule has 2 aromatic carbocycles. The molecule has 0 atom stereocenters. The molecule has 1 aliphatic rings. The summed E-state index contributed by atoms with van der Waals surface area (Å²) in [4.78, 5) is 65.9. The number of carboxylic acids is 1. The number of benzene rings is 2. The molecule has 1 aliphatic heterocycles. The molecular formula is C26H28N2O7. The Kier molecular flexibility index (Phi) is 8.35. The number of imide groups is 2. The van der Waals surface area contributed by atoms with Crippen LogP contribution in [-0.2, 0) is 36.8 Å². The molecule has 0 bridgehead atoms. The molecule has 1 N–H and O–H groups in total. The van der Waals surface area contributed by atoms with Crippen LogP contribution in [0.2, 0.25) is 0 Å². The summed E-state index contributed by atoms with van der Waals surface area (Å²) < 4.78 is 4.93. The van der Waals surface area contributed by atoms with Crippen LogP contribution in [0.25, 0.3) is 0 Å². The molecule has 1 fully saturated rings. The third kappa shape index (κ3) is 5.92. The predicted octanol–water partition coefficient (Wildman–Crippen LogP) is 2.68. The lowest BCUT2D eigenvalue weighted by Crippen LogP contribution is -2.67. The van der Waals surface area contributed by atoms with Gasteiger partial charge in [-0.15, -0.1) is 0 Å². The fraction of sp³-hybridized carbons (Fsp3) is 0.346. The Bertz CT molecular complexity index is 1040. The monoisotopic (exact) mass is 480 g/mol. The van der Waals surface area contributed by atoms with Gasteiger partial charge < -0.3 is 9.84 Å². The molecule has 0 aromatic heterocycles. The highest BCUT2D eigenvalue weighted by Gasteiger charge is 2.57. The number of ether oxygens (including phenoxy) is 1. The van der Waals surface area contributed by atoms with E-state index in [4.69, 9.17) is 4.74 Å². The van der Waals surface area contributed by atoms with Gasteiger partial charge in [-0.2, -0.15) is 0 Å². The average Bonchev–Trinajstić information content (AvgIpc) is 2.84. The highest BCUT2D eigenvalue weighted by atomic mass is 16.5. The number of carboxylic acid groups (broad SMARTS) is 1. The summed E-state index contributed by atoms with van der Waals surface area (Å²) in [6.45, 7) is 1.13. The first kappa shape index (κ1) is 25.6. The van der Waals surface area contributed by atoms with E-state index in [1.54, 1.807) is 55.5 Å². The molecule has 0 saturated carbocycles. The van der Waals surface area contributed by atoms with Crippen LogP contribution < -0.4 is 0 Å². The van der Waals surface area contributed by atoms with Crippen LogP contribution in [0.4, 0.5) is 4.79 Å². The Balaban J connectivity index is 2.07. The Labute approximate surface area is 203 Å². The van der Waals surface area contributed by atoms with E-state index in [9.17, 15) is 29.1 Å². The second-order valence-corrected chi connectivity index (χ2v) is 8.30. The number of hydrogen-bond donors (Lipinski definition) is 1. The van der Waals surface area contributed by atoms with Crippen molar-refractivity contribution in [2.75, 3.05) is 19.7 Å². The molecule has 0 spiro atoms. The van der Waals surface area contributed by atoms with E-state index >= 15 is 0 Å². The number of barbiturate groups is 1. The molecule has 184 valence electrons. The van der Waals surface area contributed by atoms with Crippen molar-refractivity contribution >= 4 is 29.8 Å². The van der Waals surface area contributed by atoms with Crippen molar-refractivity contribution in [3.63, 3.8) is 0 Å². The second-order valence-electron chi connectivity index (χ2n) is 8.30. The summed E-state index contributed by atoms with van der Waals surface area (Å²) in [5.41, 5.74) is -0.268. The molecule has 1 saturated heterocycles. The van der Waals surface area contributed by atoms with E-state index in [0.29, 0.717) is 11.1 Å². The highest BCUT2D eigenvalue weighted by Crippen LogP contribution is 2.37. The number of rotatable bonds is 11. The fourth-order valence-electron chi connectivity index (χ4n) is 4.22. The number of urea groups is 1. The highest BCUT2D eigenvalue weighted by molar-refractivity contribution is 6.19. The summed E-state index contributed by atoms with van der Waals surface area (Å²) in [6, 6.07) is 17.0. The van der Waals surface area contributed by atoms with Crippen LogP contribution in [0.15, 0.2) is 60.7 Å². The van der Waals surface area contributed by atoms with E-state index < -0.39 is 41.6 Å². The summed E-state index contributed by atoms with van der Waals surface area (Å²) >= 11 is 0. The molecule has 0 unspecified atom stereocenters. The maximum atomic E-state index is 13.9. The molecule has 4 amide bonds. The van der Waals surface area contributed by atoms with Crippen LogP contribution in [0.1, 0.15) is 30.9 Å². The summed E-state index contributed by atoms with van der Waals surface area (Å²) in [5, 5.41) is 9.18. The van der Waals surface area contributed by atoms with Crippen molar-refractivity contribution in [3.8, 4) is 0 Å². The minimum Gasteiger partial charge on any atom is -0.481 e. The predicted molar refractivity (Wildman–Crippen MR) is 125 cm³/mol. The maximum Gasteiger partial charge on any atom is 0.333 e. The lowest BCUT2D eigenvalue weighted by atomic mass is 9.72. The number of hydrogen-bond acceptors (Lipinski definition) is 6. The Morgan fingerprint density at radius 2 is 1.26 bits per heavy atom. The first-order chi connectivity index (χ1) is 16.8. The molecule has 3 rings (SSSR count). The minimum atomic E-state index is -1.69. The number of aliphatic carboxylic acids is 1. The van der Waals surface area contributed by atoms with Crippen LogP contribution in [0, 0.1) is 5.41 Å². The Hall–Kier alpha value is -4.01. The molecule has 0 aliphatic carbocycles. The van der Waals surface area contributed by atoms with Crippen LogP contribution in [-0.4, -0.2) is 64.4 Å². The van der Waals surface area contributed by atoms with Crippen LogP contribution >= 0.6 is 0 Å².